The summed E-state index contributed by atoms with van der Waals surface area (Å²) >= 11 is 6.17. The van der Waals surface area contributed by atoms with E-state index >= 15 is 0 Å². The molecule has 2 aromatic carbocycles. The summed E-state index contributed by atoms with van der Waals surface area (Å²) in [5.41, 5.74) is 1.25. The van der Waals surface area contributed by atoms with Crippen LogP contribution in [0.2, 0.25) is 5.02 Å². The Kier molecular flexibility index (Phi) is 7.35. The van der Waals surface area contributed by atoms with Gasteiger partial charge in [-0.25, -0.2) is 13.2 Å². The van der Waals surface area contributed by atoms with Gasteiger partial charge in [-0.05, 0) is 56.5 Å². The van der Waals surface area contributed by atoms with Gasteiger partial charge in [0.15, 0.2) is 6.10 Å². The van der Waals surface area contributed by atoms with Crippen LogP contribution in [0.25, 0.3) is 0 Å². The van der Waals surface area contributed by atoms with Gasteiger partial charge in [-0.1, -0.05) is 36.2 Å². The molecule has 0 bridgehead atoms. The van der Waals surface area contributed by atoms with Gasteiger partial charge in [0.05, 0.1) is 21.2 Å². The van der Waals surface area contributed by atoms with E-state index in [0.717, 1.165) is 24.8 Å². The molecular weight excluding hydrogens is 440 g/mol. The topological polar surface area (TPSA) is 92.8 Å². The predicted octanol–water partition coefficient (Wildman–Crippen LogP) is 4.01. The number of carbonyl (C=O) groups excluding carboxylic acids is 2. The van der Waals surface area contributed by atoms with E-state index < -0.39 is 28.0 Å². The highest BCUT2D eigenvalue weighted by Crippen LogP contribution is 2.28. The number of aryl methyl sites for hydroxylation is 1. The number of hydrogen-bond donors (Lipinski definition) is 1. The van der Waals surface area contributed by atoms with Crippen molar-refractivity contribution in [2.45, 2.75) is 44.1 Å². The highest BCUT2D eigenvalue weighted by atomic mass is 35.5. The molecule has 1 saturated heterocycles. The minimum absolute atomic E-state index is 0.0543. The summed E-state index contributed by atoms with van der Waals surface area (Å²) in [6.45, 7) is 4.15. The Bertz CT molecular complexity index is 1080. The van der Waals surface area contributed by atoms with Gasteiger partial charge in [-0.2, -0.15) is 4.31 Å². The fourth-order valence-electron chi connectivity index (χ4n) is 3.33. The number of rotatable bonds is 6. The van der Waals surface area contributed by atoms with Gasteiger partial charge in [-0.3, -0.25) is 4.79 Å². The van der Waals surface area contributed by atoms with E-state index in [-0.39, 0.29) is 15.6 Å². The van der Waals surface area contributed by atoms with Crippen LogP contribution in [0, 0.1) is 6.92 Å². The van der Waals surface area contributed by atoms with E-state index in [1.807, 2.05) is 0 Å². The molecule has 0 unspecified atom stereocenters. The fourth-order valence-corrected chi connectivity index (χ4v) is 5.04. The van der Waals surface area contributed by atoms with Crippen LogP contribution in [0.1, 0.15) is 42.1 Å². The zero-order chi connectivity index (χ0) is 22.6. The van der Waals surface area contributed by atoms with E-state index in [1.165, 1.54) is 29.4 Å². The summed E-state index contributed by atoms with van der Waals surface area (Å²) in [6, 6.07) is 11.1. The van der Waals surface area contributed by atoms with E-state index in [2.05, 4.69) is 5.32 Å². The van der Waals surface area contributed by atoms with Crippen LogP contribution < -0.4 is 5.32 Å². The number of amides is 1. The molecule has 1 aliphatic rings. The highest BCUT2D eigenvalue weighted by Gasteiger charge is 2.27. The van der Waals surface area contributed by atoms with Gasteiger partial charge in [0.1, 0.15) is 0 Å². The third-order valence-electron chi connectivity index (χ3n) is 5.17. The Morgan fingerprint density at radius 3 is 2.45 bits per heavy atom. The third kappa shape index (κ3) is 5.44. The molecule has 0 aromatic heterocycles. The van der Waals surface area contributed by atoms with Crippen LogP contribution in [0.5, 0.6) is 0 Å². The summed E-state index contributed by atoms with van der Waals surface area (Å²) in [5, 5.41) is 2.75. The molecule has 9 heteroatoms. The number of benzene rings is 2. The van der Waals surface area contributed by atoms with Gasteiger partial charge in [0, 0.05) is 13.1 Å². The number of ether oxygens (including phenoxy) is 1. The Labute approximate surface area is 187 Å². The lowest BCUT2D eigenvalue weighted by atomic mass is 10.1. The van der Waals surface area contributed by atoms with Crippen LogP contribution in [-0.2, 0) is 19.6 Å². The first-order chi connectivity index (χ1) is 14.7. The largest absolute Gasteiger partial charge is 0.449 e. The molecule has 1 N–H and O–H groups in total. The SMILES string of the molecule is Cc1ccccc1C(=O)O[C@H](C)C(=O)Nc1cc(S(=O)(=O)N2CCCCC2)ccc1Cl. The maximum Gasteiger partial charge on any atom is 0.339 e. The van der Waals surface area contributed by atoms with E-state index in [1.54, 1.807) is 31.2 Å². The summed E-state index contributed by atoms with van der Waals surface area (Å²) in [4.78, 5) is 25.0. The maximum atomic E-state index is 12.9. The Hall–Kier alpha value is -2.42. The molecule has 0 spiro atoms. The molecule has 31 heavy (non-hydrogen) atoms. The monoisotopic (exact) mass is 464 g/mol. The van der Waals surface area contributed by atoms with E-state index in [9.17, 15) is 18.0 Å². The van der Waals surface area contributed by atoms with Gasteiger partial charge < -0.3 is 10.1 Å². The molecule has 1 heterocycles. The Morgan fingerprint density at radius 1 is 1.10 bits per heavy atom. The lowest BCUT2D eigenvalue weighted by Gasteiger charge is -2.26. The molecular formula is C22H25ClN2O5S. The van der Waals surface area contributed by atoms with Crippen molar-refractivity contribution in [1.29, 1.82) is 0 Å². The molecule has 0 aliphatic carbocycles. The molecule has 3 rings (SSSR count). The number of halogens is 1. The number of sulfonamides is 1. The second-order valence-corrected chi connectivity index (χ2v) is 9.80. The number of nitrogens with one attached hydrogen (secondary N) is 1. The molecule has 166 valence electrons. The zero-order valence-electron chi connectivity index (χ0n) is 17.4. The molecule has 1 aliphatic heterocycles. The van der Waals surface area contributed by atoms with Crippen molar-refractivity contribution >= 4 is 39.2 Å². The van der Waals surface area contributed by atoms with Crippen molar-refractivity contribution < 1.29 is 22.7 Å². The Balaban J connectivity index is 1.73. The van der Waals surface area contributed by atoms with Crippen molar-refractivity contribution in [2.75, 3.05) is 18.4 Å². The first kappa shape index (κ1) is 23.2. The second kappa shape index (κ2) is 9.80. The standard InChI is InChI=1S/C22H25ClN2O5S/c1-15-8-4-5-9-18(15)22(27)30-16(2)21(26)24-20-14-17(10-11-19(20)23)31(28,29)25-12-6-3-7-13-25/h4-5,8-11,14,16H,3,6-7,12-13H2,1-2H3,(H,24,26)/t16-/m1/s1. The van der Waals surface area contributed by atoms with Crippen molar-refractivity contribution in [3.8, 4) is 0 Å². The van der Waals surface area contributed by atoms with E-state index in [0.29, 0.717) is 18.7 Å². The summed E-state index contributed by atoms with van der Waals surface area (Å²) in [5.74, 6) is -1.23. The van der Waals surface area contributed by atoms with Crippen LogP contribution in [0.15, 0.2) is 47.4 Å². The quantitative estimate of drug-likeness (QED) is 0.652. The van der Waals surface area contributed by atoms with Crippen molar-refractivity contribution in [3.63, 3.8) is 0 Å². The minimum atomic E-state index is -3.68. The minimum Gasteiger partial charge on any atom is -0.449 e. The zero-order valence-corrected chi connectivity index (χ0v) is 19.0. The number of hydrogen-bond acceptors (Lipinski definition) is 5. The van der Waals surface area contributed by atoms with Crippen molar-refractivity contribution in [2.24, 2.45) is 0 Å². The van der Waals surface area contributed by atoms with E-state index in [4.69, 9.17) is 16.3 Å². The number of nitrogens with zero attached hydrogens (tertiary/aromatic N) is 1. The van der Waals surface area contributed by atoms with Crippen LogP contribution >= 0.6 is 11.6 Å². The lowest BCUT2D eigenvalue weighted by Crippen LogP contribution is -2.35. The smallest absolute Gasteiger partial charge is 0.339 e. The molecule has 1 amide bonds. The first-order valence-corrected chi connectivity index (χ1v) is 11.9. The normalized spacial score (nSPS) is 15.8. The molecule has 1 fully saturated rings. The predicted molar refractivity (Wildman–Crippen MR) is 119 cm³/mol. The number of esters is 1. The number of anilines is 1. The van der Waals surface area contributed by atoms with Gasteiger partial charge >= 0.3 is 5.97 Å². The average Bonchev–Trinajstić information content (AvgIpc) is 2.75. The van der Waals surface area contributed by atoms with Crippen LogP contribution in [0.4, 0.5) is 5.69 Å². The molecule has 0 radical (unpaired) electrons. The van der Waals surface area contributed by atoms with Crippen molar-refractivity contribution in [3.05, 3.63) is 58.6 Å². The lowest BCUT2D eigenvalue weighted by molar-refractivity contribution is -0.123. The fraction of sp³-hybridized carbons (Fsp3) is 0.364. The summed E-state index contributed by atoms with van der Waals surface area (Å²) in [6.07, 6.45) is 1.54. The summed E-state index contributed by atoms with van der Waals surface area (Å²) in [7, 11) is -3.68. The van der Waals surface area contributed by atoms with Crippen LogP contribution in [0.3, 0.4) is 0 Å². The number of piperidine rings is 1. The summed E-state index contributed by atoms with van der Waals surface area (Å²) < 4.78 is 32.5. The maximum absolute atomic E-state index is 12.9. The van der Waals surface area contributed by atoms with Gasteiger partial charge in [0.2, 0.25) is 10.0 Å². The first-order valence-electron chi connectivity index (χ1n) is 10.1. The van der Waals surface area contributed by atoms with Gasteiger partial charge in [0.25, 0.3) is 5.91 Å². The molecule has 2 aromatic rings. The molecule has 1 atom stereocenters. The Morgan fingerprint density at radius 2 is 1.77 bits per heavy atom. The molecule has 7 nitrogen and oxygen atoms in total. The van der Waals surface area contributed by atoms with Gasteiger partial charge in [-0.15, -0.1) is 0 Å². The van der Waals surface area contributed by atoms with Crippen LogP contribution in [-0.4, -0.2) is 43.8 Å². The third-order valence-corrected chi connectivity index (χ3v) is 7.39. The highest BCUT2D eigenvalue weighted by molar-refractivity contribution is 7.89. The average molecular weight is 465 g/mol. The van der Waals surface area contributed by atoms with Crippen molar-refractivity contribution in [1.82, 2.24) is 4.31 Å². The second-order valence-electron chi connectivity index (χ2n) is 7.46. The molecule has 0 saturated carbocycles. The number of carbonyl (C=O) groups is 2.